The van der Waals surface area contributed by atoms with Gasteiger partial charge >= 0.3 is 0 Å². The van der Waals surface area contributed by atoms with Crippen LogP contribution in [0.5, 0.6) is 0 Å². The number of nitrogens with zero attached hydrogens (tertiary/aromatic N) is 2. The minimum Gasteiger partial charge on any atom is -0.396 e. The maximum Gasteiger partial charge on any atom is 0.0641 e. The molecule has 18 heavy (non-hydrogen) atoms. The van der Waals surface area contributed by atoms with Crippen molar-refractivity contribution in [3.8, 4) is 0 Å². The molecule has 0 bridgehead atoms. The molecule has 0 saturated heterocycles. The van der Waals surface area contributed by atoms with Crippen LogP contribution >= 0.6 is 0 Å². The van der Waals surface area contributed by atoms with Gasteiger partial charge in [0, 0.05) is 42.9 Å². The lowest BCUT2D eigenvalue weighted by Crippen LogP contribution is -2.41. The maximum absolute atomic E-state index is 9.55. The van der Waals surface area contributed by atoms with E-state index in [2.05, 4.69) is 31.2 Å². The highest BCUT2D eigenvalue weighted by atomic mass is 16.3. The van der Waals surface area contributed by atoms with Crippen molar-refractivity contribution < 1.29 is 5.11 Å². The van der Waals surface area contributed by atoms with Gasteiger partial charge in [-0.15, -0.1) is 0 Å². The molecule has 4 heteroatoms. The molecular weight excluding hydrogens is 226 g/mol. The summed E-state index contributed by atoms with van der Waals surface area (Å²) in [5.41, 5.74) is 3.67. The second-order valence-corrected chi connectivity index (χ2v) is 5.91. The number of aliphatic hydroxyl groups is 1. The van der Waals surface area contributed by atoms with E-state index in [1.165, 1.54) is 17.7 Å². The average Bonchev–Trinajstić information content (AvgIpc) is 2.81. The van der Waals surface area contributed by atoms with Gasteiger partial charge in [0.25, 0.3) is 0 Å². The van der Waals surface area contributed by atoms with Gasteiger partial charge in [-0.1, -0.05) is 13.3 Å². The van der Waals surface area contributed by atoms with Gasteiger partial charge in [0.05, 0.1) is 5.69 Å². The Morgan fingerprint density at radius 2 is 2.22 bits per heavy atom. The highest BCUT2D eigenvalue weighted by Crippen LogP contribution is 2.37. The molecular formula is C14H25N3O. The van der Waals surface area contributed by atoms with Crippen LogP contribution in [-0.4, -0.2) is 27.5 Å². The lowest BCUT2D eigenvalue weighted by molar-refractivity contribution is 0.118. The number of aliphatic hydroxyl groups excluding tert-OH is 1. The van der Waals surface area contributed by atoms with Gasteiger partial charge in [-0.05, 0) is 26.7 Å². The van der Waals surface area contributed by atoms with Gasteiger partial charge in [0.2, 0.25) is 0 Å². The summed E-state index contributed by atoms with van der Waals surface area (Å²) in [6.07, 6.45) is 3.49. The normalized spacial score (nSPS) is 27.9. The van der Waals surface area contributed by atoms with Gasteiger partial charge in [0.15, 0.2) is 0 Å². The van der Waals surface area contributed by atoms with Crippen LogP contribution in [0.3, 0.4) is 0 Å². The molecule has 2 N–H and O–H groups in total. The van der Waals surface area contributed by atoms with Gasteiger partial charge in [-0.25, -0.2) is 0 Å². The first kappa shape index (κ1) is 13.6. The number of aromatic nitrogens is 2. The second-order valence-electron chi connectivity index (χ2n) is 5.91. The summed E-state index contributed by atoms with van der Waals surface area (Å²) in [6, 6.07) is 0.418. The molecule has 2 rings (SSSR count). The molecule has 0 radical (unpaired) electrons. The monoisotopic (exact) mass is 251 g/mol. The Balaban J connectivity index is 2.03. The molecule has 1 fully saturated rings. The van der Waals surface area contributed by atoms with Crippen molar-refractivity contribution in [2.45, 2.75) is 52.6 Å². The number of aryl methyl sites for hydroxylation is 2. The van der Waals surface area contributed by atoms with E-state index in [1.807, 2.05) is 11.7 Å². The molecule has 1 heterocycles. The summed E-state index contributed by atoms with van der Waals surface area (Å²) >= 11 is 0. The quantitative estimate of drug-likeness (QED) is 0.856. The first-order chi connectivity index (χ1) is 8.48. The Morgan fingerprint density at radius 1 is 1.50 bits per heavy atom. The molecule has 1 aliphatic rings. The number of hydrogen-bond donors (Lipinski definition) is 2. The third kappa shape index (κ3) is 2.31. The summed E-state index contributed by atoms with van der Waals surface area (Å²) in [5, 5.41) is 17.6. The van der Waals surface area contributed by atoms with E-state index in [-0.39, 0.29) is 12.0 Å². The minimum absolute atomic E-state index is 0.0457. The van der Waals surface area contributed by atoms with Gasteiger partial charge in [-0.2, -0.15) is 5.10 Å². The predicted octanol–water partition coefficient (Wildman–Crippen LogP) is 1.68. The van der Waals surface area contributed by atoms with Crippen molar-refractivity contribution in [3.05, 3.63) is 17.0 Å². The van der Waals surface area contributed by atoms with Crippen LogP contribution < -0.4 is 5.32 Å². The van der Waals surface area contributed by atoms with Crippen LogP contribution in [0.2, 0.25) is 0 Å². The lowest BCUT2D eigenvalue weighted by Gasteiger charge is -2.30. The molecule has 2 atom stereocenters. The van der Waals surface area contributed by atoms with Crippen molar-refractivity contribution in [2.24, 2.45) is 12.5 Å². The van der Waals surface area contributed by atoms with Crippen LogP contribution in [0.4, 0.5) is 0 Å². The average molecular weight is 251 g/mol. The number of hydrogen-bond acceptors (Lipinski definition) is 3. The molecule has 102 valence electrons. The molecule has 0 aliphatic heterocycles. The smallest absolute Gasteiger partial charge is 0.0641 e. The summed E-state index contributed by atoms with van der Waals surface area (Å²) in [7, 11) is 1.99. The van der Waals surface area contributed by atoms with Crippen molar-refractivity contribution in [1.29, 1.82) is 0 Å². The first-order valence-electron chi connectivity index (χ1n) is 6.81. The minimum atomic E-state index is 0.0457. The molecule has 0 aromatic carbocycles. The molecule has 1 saturated carbocycles. The van der Waals surface area contributed by atoms with Crippen molar-refractivity contribution in [3.63, 3.8) is 0 Å². The zero-order valence-corrected chi connectivity index (χ0v) is 12.0. The Morgan fingerprint density at radius 3 is 2.78 bits per heavy atom. The summed E-state index contributed by atoms with van der Waals surface area (Å²) in [5.74, 6) is 0. The lowest BCUT2D eigenvalue weighted by atomic mass is 9.85. The van der Waals surface area contributed by atoms with Crippen molar-refractivity contribution >= 4 is 0 Å². The molecule has 4 nitrogen and oxygen atoms in total. The molecule has 0 amide bonds. The maximum atomic E-state index is 9.55. The predicted molar refractivity (Wildman–Crippen MR) is 72.4 cm³/mol. The van der Waals surface area contributed by atoms with E-state index < -0.39 is 0 Å². The van der Waals surface area contributed by atoms with E-state index in [0.717, 1.165) is 25.1 Å². The molecule has 1 aliphatic carbocycles. The SMILES string of the molecule is Cc1nn(C)c(C)c1CNC1CCCC1(C)CO. The summed E-state index contributed by atoms with van der Waals surface area (Å²) in [4.78, 5) is 0. The topological polar surface area (TPSA) is 50.1 Å². The van der Waals surface area contributed by atoms with Gasteiger partial charge in [-0.3, -0.25) is 4.68 Å². The Kier molecular flexibility index (Phi) is 3.78. The first-order valence-corrected chi connectivity index (χ1v) is 6.81. The zero-order chi connectivity index (χ0) is 13.3. The number of rotatable bonds is 4. The Labute approximate surface area is 109 Å². The van der Waals surface area contributed by atoms with E-state index in [1.54, 1.807) is 0 Å². The Hall–Kier alpha value is -0.870. The largest absolute Gasteiger partial charge is 0.396 e. The fourth-order valence-corrected chi connectivity index (χ4v) is 3.07. The standard InChI is InChI=1S/C14H25N3O/c1-10-12(11(2)17(4)16-10)8-15-13-6-5-7-14(13,3)9-18/h13,15,18H,5-9H2,1-4H3. The summed E-state index contributed by atoms with van der Waals surface area (Å²) < 4.78 is 1.94. The van der Waals surface area contributed by atoms with Crippen LogP contribution in [0, 0.1) is 19.3 Å². The molecule has 1 aromatic heterocycles. The third-order valence-electron chi connectivity index (χ3n) is 4.63. The van der Waals surface area contributed by atoms with E-state index in [9.17, 15) is 5.11 Å². The van der Waals surface area contributed by atoms with Crippen LogP contribution in [0.15, 0.2) is 0 Å². The van der Waals surface area contributed by atoms with E-state index >= 15 is 0 Å². The van der Waals surface area contributed by atoms with Crippen molar-refractivity contribution in [2.75, 3.05) is 6.61 Å². The third-order valence-corrected chi connectivity index (χ3v) is 4.63. The molecule has 0 spiro atoms. The molecule has 2 unspecified atom stereocenters. The van der Waals surface area contributed by atoms with E-state index in [0.29, 0.717) is 6.04 Å². The zero-order valence-electron chi connectivity index (χ0n) is 12.0. The van der Waals surface area contributed by atoms with E-state index in [4.69, 9.17) is 0 Å². The number of nitrogens with one attached hydrogen (secondary N) is 1. The highest BCUT2D eigenvalue weighted by Gasteiger charge is 2.37. The van der Waals surface area contributed by atoms with Crippen LogP contribution in [0.25, 0.3) is 0 Å². The van der Waals surface area contributed by atoms with Crippen molar-refractivity contribution in [1.82, 2.24) is 15.1 Å². The summed E-state index contributed by atoms with van der Waals surface area (Å²) in [6.45, 7) is 7.48. The molecule has 1 aromatic rings. The van der Waals surface area contributed by atoms with Crippen LogP contribution in [0.1, 0.15) is 43.1 Å². The van der Waals surface area contributed by atoms with Gasteiger partial charge < -0.3 is 10.4 Å². The van der Waals surface area contributed by atoms with Gasteiger partial charge in [0.1, 0.15) is 0 Å². The second kappa shape index (κ2) is 5.02. The van der Waals surface area contributed by atoms with Crippen LogP contribution in [-0.2, 0) is 13.6 Å². The fraction of sp³-hybridized carbons (Fsp3) is 0.786. The fourth-order valence-electron chi connectivity index (χ4n) is 3.07. The Bertz CT molecular complexity index is 427. The highest BCUT2D eigenvalue weighted by molar-refractivity contribution is 5.24.